The van der Waals surface area contributed by atoms with Crippen molar-refractivity contribution in [3.05, 3.63) is 59.1 Å². The average Bonchev–Trinajstić information content (AvgIpc) is 3.23. The zero-order valence-corrected chi connectivity index (χ0v) is 17.7. The Labute approximate surface area is 176 Å². The molecule has 1 saturated heterocycles. The van der Waals surface area contributed by atoms with E-state index in [9.17, 15) is 13.2 Å². The Bertz CT molecular complexity index is 1020. The minimum atomic E-state index is -3.69. The molecule has 0 radical (unpaired) electrons. The van der Waals surface area contributed by atoms with Crippen LogP contribution < -0.4 is 10.1 Å². The summed E-state index contributed by atoms with van der Waals surface area (Å²) < 4.78 is 33.0. The van der Waals surface area contributed by atoms with Crippen molar-refractivity contribution in [3.8, 4) is 5.75 Å². The number of benzene rings is 2. The van der Waals surface area contributed by atoms with Crippen molar-refractivity contribution in [2.45, 2.75) is 24.7 Å². The van der Waals surface area contributed by atoms with Gasteiger partial charge < -0.3 is 10.1 Å². The largest absolute Gasteiger partial charge is 0.492 e. The molecule has 1 heterocycles. The van der Waals surface area contributed by atoms with E-state index in [0.29, 0.717) is 30.4 Å². The van der Waals surface area contributed by atoms with Crippen LogP contribution in [0.4, 0.5) is 5.69 Å². The quantitative estimate of drug-likeness (QED) is 0.663. The summed E-state index contributed by atoms with van der Waals surface area (Å²) in [4.78, 5) is 12.3. The van der Waals surface area contributed by atoms with Crippen molar-refractivity contribution in [2.24, 2.45) is 0 Å². The Morgan fingerprint density at radius 2 is 1.97 bits per heavy atom. The van der Waals surface area contributed by atoms with Gasteiger partial charge in [0.1, 0.15) is 10.6 Å². The highest BCUT2D eigenvalue weighted by Gasteiger charge is 2.30. The molecule has 1 aliphatic heterocycles. The molecule has 6 nitrogen and oxygen atoms in total. The number of sulfonamides is 1. The van der Waals surface area contributed by atoms with Crippen LogP contribution in [-0.4, -0.2) is 38.3 Å². The lowest BCUT2D eigenvalue weighted by atomic mass is 10.2. The van der Waals surface area contributed by atoms with Crippen molar-refractivity contribution in [3.63, 3.8) is 0 Å². The maximum Gasteiger partial charge on any atom is 0.248 e. The Morgan fingerprint density at radius 1 is 1.21 bits per heavy atom. The molecule has 1 aliphatic rings. The summed E-state index contributed by atoms with van der Waals surface area (Å²) in [5, 5.41) is 3.28. The van der Waals surface area contributed by atoms with Crippen molar-refractivity contribution in [1.29, 1.82) is 0 Å². The molecule has 0 bridgehead atoms. The van der Waals surface area contributed by atoms with Gasteiger partial charge in [-0.1, -0.05) is 23.7 Å². The number of hydrogen-bond acceptors (Lipinski definition) is 4. The van der Waals surface area contributed by atoms with E-state index < -0.39 is 10.0 Å². The molecule has 1 fully saturated rings. The topological polar surface area (TPSA) is 75.7 Å². The van der Waals surface area contributed by atoms with Gasteiger partial charge in [-0.2, -0.15) is 4.31 Å². The Balaban J connectivity index is 1.82. The molecule has 1 N–H and O–H groups in total. The molecule has 2 aromatic carbocycles. The Kier molecular flexibility index (Phi) is 6.95. The number of ether oxygens (including phenoxy) is 1. The number of anilines is 1. The SMILES string of the molecule is CCOc1ccc(NC(=O)/C=C/c2cccc(Cl)c2)cc1S(=O)(=O)N1CCCC1. The maximum atomic E-state index is 13.0. The van der Waals surface area contributed by atoms with Gasteiger partial charge in [-0.15, -0.1) is 0 Å². The summed E-state index contributed by atoms with van der Waals surface area (Å²) in [6.45, 7) is 3.12. The molecule has 0 atom stereocenters. The number of halogens is 1. The molecule has 0 aliphatic carbocycles. The summed E-state index contributed by atoms with van der Waals surface area (Å²) in [7, 11) is -3.69. The normalized spacial score (nSPS) is 15.0. The number of rotatable bonds is 7. The second-order valence-corrected chi connectivity index (χ2v) is 8.93. The zero-order valence-electron chi connectivity index (χ0n) is 16.1. The van der Waals surface area contributed by atoms with Crippen molar-refractivity contribution in [2.75, 3.05) is 25.0 Å². The molecular formula is C21H23ClN2O4S. The van der Waals surface area contributed by atoms with E-state index in [-0.39, 0.29) is 16.6 Å². The third-order valence-corrected chi connectivity index (χ3v) is 6.62. The molecule has 3 rings (SSSR count). The van der Waals surface area contributed by atoms with Gasteiger partial charge in [-0.3, -0.25) is 4.79 Å². The molecule has 8 heteroatoms. The number of hydrogen-bond donors (Lipinski definition) is 1. The minimum Gasteiger partial charge on any atom is -0.492 e. The number of carbonyl (C=O) groups excluding carboxylic acids is 1. The fourth-order valence-corrected chi connectivity index (χ4v) is 4.97. The van der Waals surface area contributed by atoms with Crippen LogP contribution in [0.3, 0.4) is 0 Å². The van der Waals surface area contributed by atoms with Gasteiger partial charge in [0.2, 0.25) is 15.9 Å². The van der Waals surface area contributed by atoms with Gasteiger partial charge in [0.05, 0.1) is 6.61 Å². The molecule has 154 valence electrons. The molecule has 1 amide bonds. The predicted octanol–water partition coefficient (Wildman–Crippen LogP) is 4.18. The van der Waals surface area contributed by atoms with E-state index in [2.05, 4.69) is 5.32 Å². The second kappa shape index (κ2) is 9.43. The van der Waals surface area contributed by atoms with E-state index in [1.165, 1.54) is 16.4 Å². The van der Waals surface area contributed by atoms with Crippen LogP contribution in [0.25, 0.3) is 6.08 Å². The van der Waals surface area contributed by atoms with E-state index in [1.807, 2.05) is 6.07 Å². The fraction of sp³-hybridized carbons (Fsp3) is 0.286. The van der Waals surface area contributed by atoms with Gasteiger partial charge in [0.15, 0.2) is 0 Å². The minimum absolute atomic E-state index is 0.0675. The molecule has 0 unspecified atom stereocenters. The zero-order chi connectivity index (χ0) is 20.9. The summed E-state index contributed by atoms with van der Waals surface area (Å²) >= 11 is 5.94. The molecule has 2 aromatic rings. The summed E-state index contributed by atoms with van der Waals surface area (Å²) in [6.07, 6.45) is 4.69. The first-order chi connectivity index (χ1) is 13.9. The van der Waals surface area contributed by atoms with Gasteiger partial charge in [-0.25, -0.2) is 8.42 Å². The summed E-state index contributed by atoms with van der Waals surface area (Å²) in [5.74, 6) is -0.0921. The first-order valence-corrected chi connectivity index (χ1v) is 11.2. The maximum absolute atomic E-state index is 13.0. The molecule has 0 aromatic heterocycles. The first-order valence-electron chi connectivity index (χ1n) is 9.42. The average molecular weight is 435 g/mol. The number of nitrogens with one attached hydrogen (secondary N) is 1. The van der Waals surface area contributed by atoms with Gasteiger partial charge in [0.25, 0.3) is 0 Å². The van der Waals surface area contributed by atoms with Crippen molar-refractivity contribution >= 4 is 39.3 Å². The highest BCUT2D eigenvalue weighted by Crippen LogP contribution is 2.31. The third-order valence-electron chi connectivity index (χ3n) is 4.47. The lowest BCUT2D eigenvalue weighted by Gasteiger charge is -2.19. The number of carbonyl (C=O) groups is 1. The van der Waals surface area contributed by atoms with E-state index in [1.54, 1.807) is 43.3 Å². The molecule has 29 heavy (non-hydrogen) atoms. The standard InChI is InChI=1S/C21H23ClN2O4S/c1-2-28-19-10-9-18(15-20(19)29(26,27)24-12-3-4-13-24)23-21(25)11-8-16-6-5-7-17(22)14-16/h5-11,14-15H,2-4,12-13H2,1H3,(H,23,25)/b11-8+. The van der Waals surface area contributed by atoms with E-state index in [0.717, 1.165) is 18.4 Å². The summed E-state index contributed by atoms with van der Waals surface area (Å²) in [5.41, 5.74) is 1.17. The van der Waals surface area contributed by atoms with Crippen LogP contribution in [0.5, 0.6) is 5.75 Å². The molecular weight excluding hydrogens is 412 g/mol. The highest BCUT2D eigenvalue weighted by molar-refractivity contribution is 7.89. The van der Waals surface area contributed by atoms with Gasteiger partial charge in [0, 0.05) is 29.9 Å². The monoisotopic (exact) mass is 434 g/mol. The lowest BCUT2D eigenvalue weighted by Crippen LogP contribution is -2.28. The van der Waals surface area contributed by atoms with Crippen LogP contribution >= 0.6 is 11.6 Å². The van der Waals surface area contributed by atoms with Gasteiger partial charge >= 0.3 is 0 Å². The van der Waals surface area contributed by atoms with Crippen molar-refractivity contribution in [1.82, 2.24) is 4.31 Å². The van der Waals surface area contributed by atoms with Crippen LogP contribution in [0.2, 0.25) is 5.02 Å². The highest BCUT2D eigenvalue weighted by atomic mass is 35.5. The number of nitrogens with zero attached hydrogens (tertiary/aromatic N) is 1. The van der Waals surface area contributed by atoms with E-state index in [4.69, 9.17) is 16.3 Å². The molecule has 0 saturated carbocycles. The molecule has 0 spiro atoms. The third kappa shape index (κ3) is 5.38. The van der Waals surface area contributed by atoms with Crippen LogP contribution in [-0.2, 0) is 14.8 Å². The Morgan fingerprint density at radius 3 is 2.66 bits per heavy atom. The van der Waals surface area contributed by atoms with Crippen LogP contribution in [0.1, 0.15) is 25.3 Å². The Hall–Kier alpha value is -2.35. The predicted molar refractivity (Wildman–Crippen MR) is 115 cm³/mol. The number of amides is 1. The lowest BCUT2D eigenvalue weighted by molar-refractivity contribution is -0.111. The first kappa shape index (κ1) is 21.4. The fourth-order valence-electron chi connectivity index (χ4n) is 3.10. The van der Waals surface area contributed by atoms with Crippen molar-refractivity contribution < 1.29 is 17.9 Å². The summed E-state index contributed by atoms with van der Waals surface area (Å²) in [6, 6.07) is 11.8. The van der Waals surface area contributed by atoms with Crippen LogP contribution in [0.15, 0.2) is 53.4 Å². The van der Waals surface area contributed by atoms with E-state index >= 15 is 0 Å². The smallest absolute Gasteiger partial charge is 0.248 e. The second-order valence-electron chi connectivity index (χ2n) is 6.58. The van der Waals surface area contributed by atoms with Gasteiger partial charge in [-0.05, 0) is 61.7 Å². The van der Waals surface area contributed by atoms with Crippen LogP contribution in [0, 0.1) is 0 Å².